The summed E-state index contributed by atoms with van der Waals surface area (Å²) in [4.78, 5) is 25.1. The first-order valence-corrected chi connectivity index (χ1v) is 6.52. The Labute approximate surface area is 108 Å². The molecule has 0 unspecified atom stereocenters. The van der Waals surface area contributed by atoms with E-state index in [1.54, 1.807) is 4.90 Å². The van der Waals surface area contributed by atoms with Crippen molar-refractivity contribution < 1.29 is 14.3 Å². The number of hydrogen-bond acceptors (Lipinski definition) is 4. The topological polar surface area (TPSA) is 84.7 Å². The van der Waals surface area contributed by atoms with Crippen molar-refractivity contribution >= 4 is 11.8 Å². The van der Waals surface area contributed by atoms with Gasteiger partial charge in [-0.2, -0.15) is 0 Å². The molecule has 1 fully saturated rings. The summed E-state index contributed by atoms with van der Waals surface area (Å²) in [5, 5.41) is 2.82. The maximum Gasteiger partial charge on any atom is 0.248 e. The molecule has 1 rings (SSSR count). The van der Waals surface area contributed by atoms with E-state index in [1.807, 2.05) is 6.92 Å². The maximum atomic E-state index is 11.7. The molecule has 0 saturated carbocycles. The van der Waals surface area contributed by atoms with Gasteiger partial charge in [0, 0.05) is 32.1 Å². The number of likely N-dealkylation sites (tertiary alicyclic amines) is 1. The fourth-order valence-corrected chi connectivity index (χ4v) is 2.04. The lowest BCUT2D eigenvalue weighted by molar-refractivity contribution is -0.139. The molecule has 6 nitrogen and oxygen atoms in total. The molecule has 0 bridgehead atoms. The molecule has 0 aliphatic carbocycles. The summed E-state index contributed by atoms with van der Waals surface area (Å²) in [5.74, 6) is 0.126. The molecule has 6 heteroatoms. The van der Waals surface area contributed by atoms with Crippen LogP contribution >= 0.6 is 0 Å². The van der Waals surface area contributed by atoms with Crippen LogP contribution in [-0.2, 0) is 14.3 Å². The molecule has 1 heterocycles. The predicted octanol–water partition coefficient (Wildman–Crippen LogP) is -0.664. The number of rotatable bonds is 6. The van der Waals surface area contributed by atoms with Crippen LogP contribution in [0.3, 0.4) is 0 Å². The molecule has 0 aromatic carbocycles. The zero-order valence-electron chi connectivity index (χ0n) is 11.0. The van der Waals surface area contributed by atoms with Gasteiger partial charge in [-0.1, -0.05) is 0 Å². The Hall–Kier alpha value is -1.14. The second-order valence-electron chi connectivity index (χ2n) is 4.39. The molecule has 18 heavy (non-hydrogen) atoms. The van der Waals surface area contributed by atoms with E-state index in [-0.39, 0.29) is 24.3 Å². The first-order chi connectivity index (χ1) is 8.69. The Bertz CT molecular complexity index is 276. The zero-order chi connectivity index (χ0) is 13.4. The largest absolute Gasteiger partial charge is 0.370 e. The highest BCUT2D eigenvalue weighted by Crippen LogP contribution is 2.17. The summed E-state index contributed by atoms with van der Waals surface area (Å²) in [6, 6.07) is 0. The van der Waals surface area contributed by atoms with E-state index in [9.17, 15) is 9.59 Å². The van der Waals surface area contributed by atoms with Gasteiger partial charge in [0.25, 0.3) is 0 Å². The zero-order valence-corrected chi connectivity index (χ0v) is 11.0. The third kappa shape index (κ3) is 4.62. The van der Waals surface area contributed by atoms with Crippen molar-refractivity contribution in [2.24, 2.45) is 11.7 Å². The van der Waals surface area contributed by atoms with Crippen molar-refractivity contribution in [2.45, 2.75) is 19.8 Å². The van der Waals surface area contributed by atoms with Gasteiger partial charge in [-0.25, -0.2) is 0 Å². The minimum Gasteiger partial charge on any atom is -0.370 e. The molecule has 1 aliphatic rings. The summed E-state index contributed by atoms with van der Waals surface area (Å²) in [5.41, 5.74) is 5.28. The number of nitrogens with one attached hydrogen (secondary N) is 1. The average Bonchev–Trinajstić information content (AvgIpc) is 2.39. The van der Waals surface area contributed by atoms with Crippen molar-refractivity contribution in [3.8, 4) is 0 Å². The third-order valence-corrected chi connectivity index (χ3v) is 3.06. The highest BCUT2D eigenvalue weighted by atomic mass is 16.5. The lowest BCUT2D eigenvalue weighted by atomic mass is 9.96. The van der Waals surface area contributed by atoms with E-state index < -0.39 is 0 Å². The van der Waals surface area contributed by atoms with Crippen molar-refractivity contribution in [1.82, 2.24) is 10.2 Å². The van der Waals surface area contributed by atoms with Gasteiger partial charge in [0.1, 0.15) is 6.61 Å². The third-order valence-electron chi connectivity index (χ3n) is 3.06. The minimum atomic E-state index is -0.0159. The molecule has 0 aromatic rings. The molecule has 1 saturated heterocycles. The SMILES string of the molecule is CCNC(=O)C1CCN(C(=O)COCCN)CC1. The maximum absolute atomic E-state index is 11.7. The first kappa shape index (κ1) is 14.9. The van der Waals surface area contributed by atoms with Crippen molar-refractivity contribution in [1.29, 1.82) is 0 Å². The number of amides is 2. The molecule has 104 valence electrons. The number of hydrogen-bond donors (Lipinski definition) is 2. The van der Waals surface area contributed by atoms with E-state index in [0.29, 0.717) is 32.8 Å². The Morgan fingerprint density at radius 1 is 1.39 bits per heavy atom. The van der Waals surface area contributed by atoms with Crippen LogP contribution in [0.25, 0.3) is 0 Å². The van der Waals surface area contributed by atoms with Crippen molar-refractivity contribution in [2.75, 3.05) is 39.4 Å². The quantitative estimate of drug-likeness (QED) is 0.618. The molecule has 0 atom stereocenters. The van der Waals surface area contributed by atoms with Crippen LogP contribution in [0.5, 0.6) is 0 Å². The van der Waals surface area contributed by atoms with E-state index in [4.69, 9.17) is 10.5 Å². The van der Waals surface area contributed by atoms with Crippen LogP contribution in [0.4, 0.5) is 0 Å². The summed E-state index contributed by atoms with van der Waals surface area (Å²) in [6.07, 6.45) is 1.46. The Balaban J connectivity index is 2.26. The van der Waals surface area contributed by atoms with E-state index in [1.165, 1.54) is 0 Å². The average molecular weight is 257 g/mol. The van der Waals surface area contributed by atoms with Crippen molar-refractivity contribution in [3.05, 3.63) is 0 Å². The van der Waals surface area contributed by atoms with Crippen molar-refractivity contribution in [3.63, 3.8) is 0 Å². The number of ether oxygens (including phenoxy) is 1. The van der Waals surface area contributed by atoms with Crippen LogP contribution in [0.15, 0.2) is 0 Å². The molecule has 2 amide bonds. The fraction of sp³-hybridized carbons (Fsp3) is 0.833. The molecule has 0 radical (unpaired) electrons. The van der Waals surface area contributed by atoms with Gasteiger partial charge in [-0.05, 0) is 19.8 Å². The van der Waals surface area contributed by atoms with Crippen LogP contribution in [0, 0.1) is 5.92 Å². The lowest BCUT2D eigenvalue weighted by Crippen LogP contribution is -2.44. The number of nitrogens with zero attached hydrogens (tertiary/aromatic N) is 1. The highest BCUT2D eigenvalue weighted by Gasteiger charge is 2.26. The standard InChI is InChI=1S/C12H23N3O3/c1-2-14-12(17)10-3-6-15(7-4-10)11(16)9-18-8-5-13/h10H,2-9,13H2,1H3,(H,14,17). The van der Waals surface area contributed by atoms with E-state index in [2.05, 4.69) is 5.32 Å². The van der Waals surface area contributed by atoms with Gasteiger partial charge in [0.05, 0.1) is 6.61 Å². The van der Waals surface area contributed by atoms with E-state index >= 15 is 0 Å². The van der Waals surface area contributed by atoms with Gasteiger partial charge in [-0.3, -0.25) is 9.59 Å². The molecular weight excluding hydrogens is 234 g/mol. The van der Waals surface area contributed by atoms with Gasteiger partial charge in [0.2, 0.25) is 11.8 Å². The Morgan fingerprint density at radius 3 is 2.61 bits per heavy atom. The van der Waals surface area contributed by atoms with Crippen LogP contribution in [0.1, 0.15) is 19.8 Å². The minimum absolute atomic E-state index is 0.0159. The smallest absolute Gasteiger partial charge is 0.248 e. The second kappa shape index (κ2) is 8.05. The highest BCUT2D eigenvalue weighted by molar-refractivity contribution is 5.80. The van der Waals surface area contributed by atoms with Gasteiger partial charge in [0.15, 0.2) is 0 Å². The summed E-state index contributed by atoms with van der Waals surface area (Å²) < 4.78 is 5.12. The van der Waals surface area contributed by atoms with Gasteiger partial charge in [-0.15, -0.1) is 0 Å². The van der Waals surface area contributed by atoms with E-state index in [0.717, 1.165) is 12.8 Å². The fourth-order valence-electron chi connectivity index (χ4n) is 2.04. The number of carbonyl (C=O) groups excluding carboxylic acids is 2. The monoisotopic (exact) mass is 257 g/mol. The number of piperidine rings is 1. The number of nitrogens with two attached hydrogens (primary N) is 1. The number of carbonyl (C=O) groups is 2. The summed E-state index contributed by atoms with van der Waals surface area (Å²) in [7, 11) is 0. The van der Waals surface area contributed by atoms with Crippen LogP contribution < -0.4 is 11.1 Å². The van der Waals surface area contributed by atoms with Gasteiger partial charge >= 0.3 is 0 Å². The molecule has 1 aliphatic heterocycles. The Morgan fingerprint density at radius 2 is 2.06 bits per heavy atom. The molecule has 3 N–H and O–H groups in total. The summed E-state index contributed by atoms with van der Waals surface area (Å²) >= 11 is 0. The Kier molecular flexibility index (Phi) is 6.67. The van der Waals surface area contributed by atoms with Crippen LogP contribution in [-0.4, -0.2) is 56.1 Å². The predicted molar refractivity (Wildman–Crippen MR) is 67.9 cm³/mol. The van der Waals surface area contributed by atoms with Crippen LogP contribution in [0.2, 0.25) is 0 Å². The molecule has 0 aromatic heterocycles. The normalized spacial score (nSPS) is 16.7. The second-order valence-corrected chi connectivity index (χ2v) is 4.39. The molecule has 0 spiro atoms. The lowest BCUT2D eigenvalue weighted by Gasteiger charge is -2.31. The van der Waals surface area contributed by atoms with Gasteiger partial charge < -0.3 is 20.7 Å². The molecular formula is C12H23N3O3. The summed E-state index contributed by atoms with van der Waals surface area (Å²) in [6.45, 7) is 4.74. The first-order valence-electron chi connectivity index (χ1n) is 6.52.